The van der Waals surface area contributed by atoms with E-state index >= 15 is 0 Å². The second-order valence-electron chi connectivity index (χ2n) is 5.49. The minimum absolute atomic E-state index is 0.233. The van der Waals surface area contributed by atoms with E-state index in [0.29, 0.717) is 16.5 Å². The molecule has 0 saturated heterocycles. The quantitative estimate of drug-likeness (QED) is 0.411. The number of fused-ring (bicyclic) bond motifs is 1. The largest absolute Gasteiger partial charge is 0.465 e. The molecular weight excluding hydrogens is 424 g/mol. The topological polar surface area (TPSA) is 68.3 Å². The predicted octanol–water partition coefficient (Wildman–Crippen LogP) is 5.05. The highest BCUT2D eigenvalue weighted by Gasteiger charge is 2.12. The highest BCUT2D eigenvalue weighted by molar-refractivity contribution is 8.01. The second-order valence-corrected chi connectivity index (χ2v) is 9.33. The van der Waals surface area contributed by atoms with Gasteiger partial charge in [-0.3, -0.25) is 4.79 Å². The molecule has 1 unspecified atom stereocenters. The van der Waals surface area contributed by atoms with E-state index in [1.165, 1.54) is 23.1 Å². The van der Waals surface area contributed by atoms with Gasteiger partial charge in [0.2, 0.25) is 0 Å². The highest BCUT2D eigenvalue weighted by atomic mass is 35.5. The maximum absolute atomic E-state index is 12.6. The average molecular weight is 441 g/mol. The third-order valence-corrected chi connectivity index (χ3v) is 7.42. The van der Waals surface area contributed by atoms with E-state index < -0.39 is 11.0 Å². The van der Waals surface area contributed by atoms with Gasteiger partial charge in [-0.25, -0.2) is 9.19 Å². The van der Waals surface area contributed by atoms with E-state index in [1.54, 1.807) is 25.1 Å². The summed E-state index contributed by atoms with van der Waals surface area (Å²) >= 11 is 8.95. The normalized spacial score (nSPS) is 12.1. The third kappa shape index (κ3) is 5.01. The Hall–Kier alpha value is -1.61. The van der Waals surface area contributed by atoms with E-state index in [0.717, 1.165) is 25.8 Å². The number of hydrogen-bond donors (Lipinski definition) is 1. The number of nitrogens with one attached hydrogen (secondary N) is 1. The summed E-state index contributed by atoms with van der Waals surface area (Å²) in [6.07, 6.45) is 0. The molecule has 1 heterocycles. The first-order valence-electron chi connectivity index (χ1n) is 8.10. The lowest BCUT2D eigenvalue weighted by atomic mass is 10.2. The lowest BCUT2D eigenvalue weighted by molar-refractivity contribution is -0.139. The Balaban J connectivity index is 1.73. The molecule has 0 fully saturated rings. The number of benzene rings is 2. The van der Waals surface area contributed by atoms with Gasteiger partial charge in [-0.15, -0.1) is 11.3 Å². The van der Waals surface area contributed by atoms with Gasteiger partial charge in [0.15, 0.2) is 15.3 Å². The molecule has 1 atom stereocenters. The number of aromatic nitrogens is 1. The van der Waals surface area contributed by atoms with Gasteiger partial charge in [-0.2, -0.15) is 0 Å². The molecule has 27 heavy (non-hydrogen) atoms. The summed E-state index contributed by atoms with van der Waals surface area (Å²) in [5, 5.41) is 0.587. The molecule has 0 aliphatic heterocycles. The minimum atomic E-state index is -1.42. The first-order valence-corrected chi connectivity index (χ1v) is 11.4. The Morgan fingerprint density at radius 3 is 2.96 bits per heavy atom. The van der Waals surface area contributed by atoms with Crippen LogP contribution in [0.5, 0.6) is 0 Å². The number of esters is 1. The fourth-order valence-electron chi connectivity index (χ4n) is 2.30. The summed E-state index contributed by atoms with van der Waals surface area (Å²) in [5.41, 5.74) is 2.36. The van der Waals surface area contributed by atoms with E-state index in [9.17, 15) is 9.00 Å². The number of hydrogen-bond acceptors (Lipinski definition) is 6. The minimum Gasteiger partial charge on any atom is -0.465 e. The highest BCUT2D eigenvalue weighted by Crippen LogP contribution is 2.32. The zero-order valence-corrected chi connectivity index (χ0v) is 17.9. The number of ether oxygens (including phenoxy) is 1. The Morgan fingerprint density at radius 2 is 2.19 bits per heavy atom. The van der Waals surface area contributed by atoms with E-state index in [-0.39, 0.29) is 11.7 Å². The van der Waals surface area contributed by atoms with Crippen LogP contribution in [0.1, 0.15) is 12.5 Å². The van der Waals surface area contributed by atoms with Crippen LogP contribution in [0.25, 0.3) is 10.2 Å². The molecule has 0 spiro atoms. The fraction of sp³-hybridized carbons (Fsp3) is 0.222. The van der Waals surface area contributed by atoms with Gasteiger partial charge in [0.1, 0.15) is 0 Å². The molecule has 1 N–H and O–H groups in total. The molecule has 0 aliphatic carbocycles. The summed E-state index contributed by atoms with van der Waals surface area (Å²) in [5.74, 6) is -0.0204. The van der Waals surface area contributed by atoms with Gasteiger partial charge < -0.3 is 9.46 Å². The number of carbonyl (C=O) groups is 1. The van der Waals surface area contributed by atoms with Crippen molar-refractivity contribution in [2.45, 2.75) is 23.1 Å². The molecular formula is C18H17ClN2O3S3. The molecule has 5 nitrogen and oxygen atoms in total. The van der Waals surface area contributed by atoms with Crippen molar-refractivity contribution in [2.24, 2.45) is 0 Å². The molecule has 0 amide bonds. The standard InChI is InChI=1S/C18H17ClN2O3S3/c1-3-24-17(22)10-25-18-20-14-8-7-12(9-15(14)26-18)21-27(23)16-6-4-5-13(19)11(16)2/h4-9,21H,3,10H2,1-2H3. The molecule has 3 aromatic rings. The van der Waals surface area contributed by atoms with Crippen LogP contribution in [0, 0.1) is 6.92 Å². The number of rotatable bonds is 7. The van der Waals surface area contributed by atoms with Crippen LogP contribution in [0.15, 0.2) is 45.6 Å². The zero-order chi connectivity index (χ0) is 19.4. The van der Waals surface area contributed by atoms with E-state index in [1.807, 2.05) is 25.1 Å². The Bertz CT molecular complexity index is 1010. The molecule has 0 radical (unpaired) electrons. The van der Waals surface area contributed by atoms with Crippen LogP contribution in [-0.2, 0) is 20.5 Å². The average Bonchev–Trinajstić information content (AvgIpc) is 3.04. The fourth-order valence-corrected chi connectivity index (χ4v) is 5.48. The SMILES string of the molecule is CCOC(=O)CSc1nc2ccc(NS(=O)c3cccc(Cl)c3C)cc2s1. The molecule has 142 valence electrons. The van der Waals surface area contributed by atoms with Crippen molar-refractivity contribution in [1.29, 1.82) is 0 Å². The summed E-state index contributed by atoms with van der Waals surface area (Å²) in [7, 11) is -1.42. The summed E-state index contributed by atoms with van der Waals surface area (Å²) in [6.45, 7) is 4.00. The Morgan fingerprint density at radius 1 is 1.37 bits per heavy atom. The monoisotopic (exact) mass is 440 g/mol. The lowest BCUT2D eigenvalue weighted by Gasteiger charge is -2.09. The number of anilines is 1. The predicted molar refractivity (Wildman–Crippen MR) is 113 cm³/mol. The van der Waals surface area contributed by atoms with Gasteiger partial charge in [0.05, 0.1) is 27.5 Å². The van der Waals surface area contributed by atoms with E-state index in [2.05, 4.69) is 9.71 Å². The van der Waals surface area contributed by atoms with Crippen LogP contribution in [0.2, 0.25) is 5.02 Å². The first-order chi connectivity index (χ1) is 13.0. The Labute approximate surface area is 173 Å². The van der Waals surface area contributed by atoms with Gasteiger partial charge in [0.25, 0.3) is 0 Å². The maximum atomic E-state index is 12.6. The van der Waals surface area contributed by atoms with Gasteiger partial charge in [-0.05, 0) is 49.7 Å². The zero-order valence-electron chi connectivity index (χ0n) is 14.7. The van der Waals surface area contributed by atoms with Crippen molar-refractivity contribution in [1.82, 2.24) is 4.98 Å². The maximum Gasteiger partial charge on any atom is 0.316 e. The molecule has 0 aliphatic rings. The van der Waals surface area contributed by atoms with Crippen molar-refractivity contribution in [3.63, 3.8) is 0 Å². The first kappa shape index (κ1) is 20.1. The summed E-state index contributed by atoms with van der Waals surface area (Å²) < 4.78 is 22.3. The van der Waals surface area contributed by atoms with Gasteiger partial charge in [-0.1, -0.05) is 29.4 Å². The number of carbonyl (C=O) groups excluding carboxylic acids is 1. The van der Waals surface area contributed by atoms with Crippen molar-refractivity contribution < 1.29 is 13.7 Å². The molecule has 0 bridgehead atoms. The Kier molecular flexibility index (Phi) is 6.75. The van der Waals surface area contributed by atoms with Crippen molar-refractivity contribution in [3.05, 3.63) is 47.0 Å². The molecule has 9 heteroatoms. The summed E-state index contributed by atoms with van der Waals surface area (Å²) in [6, 6.07) is 10.9. The van der Waals surface area contributed by atoms with E-state index in [4.69, 9.17) is 16.3 Å². The van der Waals surface area contributed by atoms with Crippen LogP contribution in [0.4, 0.5) is 5.69 Å². The summed E-state index contributed by atoms with van der Waals surface area (Å²) in [4.78, 5) is 16.6. The smallest absolute Gasteiger partial charge is 0.316 e. The second kappa shape index (κ2) is 9.05. The number of nitrogens with zero attached hydrogens (tertiary/aromatic N) is 1. The molecule has 2 aromatic carbocycles. The van der Waals surface area contributed by atoms with Crippen molar-refractivity contribution >= 4 is 67.6 Å². The molecule has 3 rings (SSSR count). The molecule has 1 aromatic heterocycles. The number of halogens is 1. The van der Waals surface area contributed by atoms with Gasteiger partial charge >= 0.3 is 5.97 Å². The van der Waals surface area contributed by atoms with Crippen LogP contribution < -0.4 is 4.72 Å². The number of thiazole rings is 1. The van der Waals surface area contributed by atoms with Crippen LogP contribution in [-0.4, -0.2) is 27.5 Å². The van der Waals surface area contributed by atoms with Crippen LogP contribution >= 0.6 is 34.7 Å². The lowest BCUT2D eigenvalue weighted by Crippen LogP contribution is -2.06. The van der Waals surface area contributed by atoms with Gasteiger partial charge in [0, 0.05) is 10.7 Å². The van der Waals surface area contributed by atoms with Crippen molar-refractivity contribution in [2.75, 3.05) is 17.1 Å². The third-order valence-electron chi connectivity index (χ3n) is 3.62. The number of thioether (sulfide) groups is 1. The molecule has 0 saturated carbocycles. The van der Waals surface area contributed by atoms with Crippen LogP contribution in [0.3, 0.4) is 0 Å². The van der Waals surface area contributed by atoms with Crippen molar-refractivity contribution in [3.8, 4) is 0 Å².